The summed E-state index contributed by atoms with van der Waals surface area (Å²) in [6.07, 6.45) is 3.58. The summed E-state index contributed by atoms with van der Waals surface area (Å²) in [5.41, 5.74) is 3.06. The van der Waals surface area contributed by atoms with E-state index in [4.69, 9.17) is 5.11 Å². The van der Waals surface area contributed by atoms with E-state index in [0.717, 1.165) is 22.9 Å². The number of nitrogens with zero attached hydrogens (tertiary/aromatic N) is 2. The van der Waals surface area contributed by atoms with Crippen LogP contribution in [0.25, 0.3) is 22.4 Å². The summed E-state index contributed by atoms with van der Waals surface area (Å²) in [5.74, 6) is -0.319. The number of benzene rings is 2. The lowest BCUT2D eigenvalue weighted by atomic mass is 10.0. The van der Waals surface area contributed by atoms with E-state index in [-0.39, 0.29) is 17.3 Å². The SMILES string of the molecule is CS(=O)(=O)c1ccc(-c2nn(CCCO)cc2-c2ccc(F)cc2)cc1. The summed E-state index contributed by atoms with van der Waals surface area (Å²) in [6, 6.07) is 12.6. The average Bonchev–Trinajstić information content (AvgIpc) is 3.04. The van der Waals surface area contributed by atoms with Crippen molar-refractivity contribution < 1.29 is 17.9 Å². The Kier molecular flexibility index (Phi) is 5.20. The van der Waals surface area contributed by atoms with E-state index in [1.807, 2.05) is 6.20 Å². The van der Waals surface area contributed by atoms with Crippen LogP contribution in [0.4, 0.5) is 4.39 Å². The van der Waals surface area contributed by atoms with E-state index < -0.39 is 9.84 Å². The van der Waals surface area contributed by atoms with Crippen LogP contribution in [0.3, 0.4) is 0 Å². The number of aryl methyl sites for hydroxylation is 1. The average molecular weight is 374 g/mol. The molecule has 0 aliphatic rings. The molecule has 0 aliphatic carbocycles. The van der Waals surface area contributed by atoms with Gasteiger partial charge in [-0.25, -0.2) is 12.8 Å². The van der Waals surface area contributed by atoms with Gasteiger partial charge in [0.05, 0.1) is 4.90 Å². The minimum Gasteiger partial charge on any atom is -0.396 e. The van der Waals surface area contributed by atoms with Gasteiger partial charge in [-0.05, 0) is 36.2 Å². The molecule has 3 aromatic rings. The van der Waals surface area contributed by atoms with Crippen molar-refractivity contribution in [2.24, 2.45) is 0 Å². The number of rotatable bonds is 6. The summed E-state index contributed by atoms with van der Waals surface area (Å²) < 4.78 is 38.3. The maximum Gasteiger partial charge on any atom is 0.175 e. The van der Waals surface area contributed by atoms with Crippen molar-refractivity contribution in [2.45, 2.75) is 17.9 Å². The Morgan fingerprint density at radius 2 is 1.65 bits per heavy atom. The van der Waals surface area contributed by atoms with Crippen molar-refractivity contribution in [1.29, 1.82) is 0 Å². The van der Waals surface area contributed by atoms with Crippen LogP contribution in [0.5, 0.6) is 0 Å². The Morgan fingerprint density at radius 3 is 2.23 bits per heavy atom. The fourth-order valence-electron chi connectivity index (χ4n) is 2.68. The van der Waals surface area contributed by atoms with Crippen molar-refractivity contribution >= 4 is 9.84 Å². The molecule has 1 heterocycles. The summed E-state index contributed by atoms with van der Waals surface area (Å²) in [5, 5.41) is 13.6. The van der Waals surface area contributed by atoms with Crippen molar-refractivity contribution in [3.63, 3.8) is 0 Å². The lowest BCUT2D eigenvalue weighted by Gasteiger charge is -2.04. The minimum absolute atomic E-state index is 0.0597. The molecular weight excluding hydrogens is 355 g/mol. The highest BCUT2D eigenvalue weighted by atomic mass is 32.2. The first-order valence-corrected chi connectivity index (χ1v) is 10.0. The second-order valence-electron chi connectivity index (χ2n) is 6.04. The maximum atomic E-state index is 13.2. The summed E-state index contributed by atoms with van der Waals surface area (Å²) >= 11 is 0. The van der Waals surface area contributed by atoms with Crippen LogP contribution >= 0.6 is 0 Å². The van der Waals surface area contributed by atoms with Gasteiger partial charge in [0.15, 0.2) is 9.84 Å². The Morgan fingerprint density at radius 1 is 1.04 bits per heavy atom. The van der Waals surface area contributed by atoms with Gasteiger partial charge in [-0.3, -0.25) is 4.68 Å². The number of aliphatic hydroxyl groups is 1. The Bertz CT molecular complexity index is 994. The third-order valence-corrected chi connectivity index (χ3v) is 5.15. The molecule has 0 radical (unpaired) electrons. The lowest BCUT2D eigenvalue weighted by molar-refractivity contribution is 0.277. The van der Waals surface area contributed by atoms with Crippen LogP contribution in [0, 0.1) is 5.82 Å². The standard InChI is InChI=1S/C19H19FN2O3S/c1-26(24,25)17-9-5-15(6-10-17)19-18(13-22(21-19)11-2-12-23)14-3-7-16(20)8-4-14/h3-10,13,23H,2,11-12H2,1H3. The van der Waals surface area contributed by atoms with Crippen molar-refractivity contribution in [3.05, 3.63) is 60.5 Å². The fourth-order valence-corrected chi connectivity index (χ4v) is 3.31. The van der Waals surface area contributed by atoms with Crippen molar-refractivity contribution in [3.8, 4) is 22.4 Å². The van der Waals surface area contributed by atoms with Crippen LogP contribution in [0.2, 0.25) is 0 Å². The number of sulfone groups is 1. The summed E-state index contributed by atoms with van der Waals surface area (Å²) in [4.78, 5) is 0.240. The van der Waals surface area contributed by atoms with E-state index >= 15 is 0 Å². The molecule has 0 saturated heterocycles. The zero-order valence-electron chi connectivity index (χ0n) is 14.3. The van der Waals surface area contributed by atoms with E-state index in [1.165, 1.54) is 12.1 Å². The summed E-state index contributed by atoms with van der Waals surface area (Å²) in [6.45, 7) is 0.607. The first kappa shape index (κ1) is 18.3. The van der Waals surface area contributed by atoms with Crippen molar-refractivity contribution in [2.75, 3.05) is 12.9 Å². The van der Waals surface area contributed by atoms with Crippen LogP contribution in [0.1, 0.15) is 6.42 Å². The van der Waals surface area contributed by atoms with Gasteiger partial charge in [-0.2, -0.15) is 5.10 Å². The van der Waals surface area contributed by atoms with Gasteiger partial charge in [0.2, 0.25) is 0 Å². The zero-order valence-corrected chi connectivity index (χ0v) is 15.1. The molecule has 0 unspecified atom stereocenters. The number of aliphatic hydroxyl groups excluding tert-OH is 1. The quantitative estimate of drug-likeness (QED) is 0.719. The number of aromatic nitrogens is 2. The van der Waals surface area contributed by atoms with Crippen LogP contribution in [-0.4, -0.2) is 36.2 Å². The zero-order chi connectivity index (χ0) is 18.7. The second-order valence-corrected chi connectivity index (χ2v) is 8.05. The van der Waals surface area contributed by atoms with E-state index in [0.29, 0.717) is 18.7 Å². The van der Waals surface area contributed by atoms with Gasteiger partial charge < -0.3 is 5.11 Å². The van der Waals surface area contributed by atoms with Gasteiger partial charge in [-0.1, -0.05) is 24.3 Å². The molecule has 0 bridgehead atoms. The number of hydrogen-bond donors (Lipinski definition) is 1. The lowest BCUT2D eigenvalue weighted by Crippen LogP contribution is -2.00. The van der Waals surface area contributed by atoms with Gasteiger partial charge in [0.1, 0.15) is 11.5 Å². The second kappa shape index (κ2) is 7.39. The molecule has 3 rings (SSSR count). The smallest absolute Gasteiger partial charge is 0.175 e. The molecule has 136 valence electrons. The minimum atomic E-state index is -3.27. The highest BCUT2D eigenvalue weighted by Gasteiger charge is 2.15. The van der Waals surface area contributed by atoms with Gasteiger partial charge >= 0.3 is 0 Å². The van der Waals surface area contributed by atoms with E-state index in [2.05, 4.69) is 5.10 Å². The Hall–Kier alpha value is -2.51. The number of halogens is 1. The van der Waals surface area contributed by atoms with Gasteiger partial charge in [0, 0.05) is 36.7 Å². The third-order valence-electron chi connectivity index (χ3n) is 4.02. The Balaban J connectivity index is 2.06. The molecule has 1 N–H and O–H groups in total. The van der Waals surface area contributed by atoms with Gasteiger partial charge in [-0.15, -0.1) is 0 Å². The monoisotopic (exact) mass is 374 g/mol. The molecule has 0 saturated carbocycles. The highest BCUT2D eigenvalue weighted by molar-refractivity contribution is 7.90. The van der Waals surface area contributed by atoms with Crippen molar-refractivity contribution in [1.82, 2.24) is 9.78 Å². The first-order chi connectivity index (χ1) is 12.4. The molecule has 1 aromatic heterocycles. The molecule has 5 nitrogen and oxygen atoms in total. The molecule has 26 heavy (non-hydrogen) atoms. The van der Waals surface area contributed by atoms with Crippen LogP contribution in [-0.2, 0) is 16.4 Å². The van der Waals surface area contributed by atoms with Crippen LogP contribution < -0.4 is 0 Å². The normalized spacial score (nSPS) is 11.7. The predicted octanol–water partition coefficient (Wildman–Crippen LogP) is 3.14. The molecule has 0 spiro atoms. The molecule has 2 aromatic carbocycles. The van der Waals surface area contributed by atoms with E-state index in [1.54, 1.807) is 41.1 Å². The number of hydrogen-bond acceptors (Lipinski definition) is 4. The summed E-state index contributed by atoms with van der Waals surface area (Å²) in [7, 11) is -3.27. The predicted molar refractivity (Wildman–Crippen MR) is 97.9 cm³/mol. The third kappa shape index (κ3) is 4.00. The maximum absolute atomic E-state index is 13.2. The van der Waals surface area contributed by atoms with Crippen LogP contribution in [0.15, 0.2) is 59.6 Å². The largest absolute Gasteiger partial charge is 0.396 e. The highest BCUT2D eigenvalue weighted by Crippen LogP contribution is 2.31. The fraction of sp³-hybridized carbons (Fsp3) is 0.211. The molecule has 7 heteroatoms. The topological polar surface area (TPSA) is 72.2 Å². The Labute approximate surface area is 151 Å². The molecular formula is C19H19FN2O3S. The van der Waals surface area contributed by atoms with E-state index in [9.17, 15) is 12.8 Å². The van der Waals surface area contributed by atoms with Gasteiger partial charge in [0.25, 0.3) is 0 Å². The molecule has 0 atom stereocenters. The molecule has 0 fully saturated rings. The first-order valence-electron chi connectivity index (χ1n) is 8.13. The molecule has 0 aliphatic heterocycles. The molecule has 0 amide bonds.